The van der Waals surface area contributed by atoms with Gasteiger partial charge in [0.2, 0.25) is 5.78 Å². The summed E-state index contributed by atoms with van der Waals surface area (Å²) in [4.78, 5) is 20.7. The Morgan fingerprint density at radius 2 is 2.08 bits per heavy atom. The lowest BCUT2D eigenvalue weighted by atomic mass is 10.1. The minimum Gasteiger partial charge on any atom is -0.412 e. The van der Waals surface area contributed by atoms with Crippen molar-refractivity contribution in [1.29, 1.82) is 0 Å². The van der Waals surface area contributed by atoms with Crippen molar-refractivity contribution in [1.82, 2.24) is 0 Å². The molecule has 0 unspecified atom stereocenters. The molecule has 0 saturated heterocycles. The minimum absolute atomic E-state index is 0. The van der Waals surface area contributed by atoms with Crippen LogP contribution in [0, 0.1) is 5.82 Å². The van der Waals surface area contributed by atoms with Crippen LogP contribution in [0.2, 0.25) is 5.02 Å². The molecule has 70 valence electrons. The van der Waals surface area contributed by atoms with E-state index < -0.39 is 11.6 Å². The number of hydrogen-bond acceptors (Lipinski definition) is 2. The van der Waals surface area contributed by atoms with Gasteiger partial charge >= 0.3 is 0 Å². The molecule has 0 spiro atoms. The summed E-state index contributed by atoms with van der Waals surface area (Å²) in [6.07, 6.45) is 0.128. The highest BCUT2D eigenvalue weighted by Gasteiger charge is 2.06. The van der Waals surface area contributed by atoms with E-state index in [0.29, 0.717) is 0 Å². The van der Waals surface area contributed by atoms with Crippen molar-refractivity contribution >= 4 is 23.7 Å². The molecule has 13 heavy (non-hydrogen) atoms. The number of aldehydes is 1. The van der Waals surface area contributed by atoms with Crippen LogP contribution in [-0.2, 0) is 4.79 Å². The summed E-state index contributed by atoms with van der Waals surface area (Å²) >= 11 is 5.35. The summed E-state index contributed by atoms with van der Waals surface area (Å²) in [7, 11) is 0. The first-order valence-corrected chi connectivity index (χ1v) is 3.47. The third-order valence-corrected chi connectivity index (χ3v) is 1.62. The Morgan fingerprint density at radius 1 is 1.46 bits per heavy atom. The molecule has 3 nitrogen and oxygen atoms in total. The van der Waals surface area contributed by atoms with Gasteiger partial charge in [-0.05, 0) is 18.2 Å². The van der Waals surface area contributed by atoms with Gasteiger partial charge in [-0.3, -0.25) is 9.59 Å². The Labute approximate surface area is 78.4 Å². The highest BCUT2D eigenvalue weighted by atomic mass is 35.5. The van der Waals surface area contributed by atoms with Crippen molar-refractivity contribution in [3.8, 4) is 0 Å². The van der Waals surface area contributed by atoms with Crippen LogP contribution in [0.25, 0.3) is 0 Å². The van der Waals surface area contributed by atoms with Gasteiger partial charge in [-0.15, -0.1) is 0 Å². The average molecular weight is 205 g/mol. The van der Waals surface area contributed by atoms with E-state index in [-0.39, 0.29) is 22.3 Å². The first-order chi connectivity index (χ1) is 5.65. The SMILES string of the molecule is O.O=CC(=O)c1ccc(Cl)c(F)c1. The molecule has 1 aromatic rings. The van der Waals surface area contributed by atoms with Gasteiger partial charge in [0.25, 0.3) is 0 Å². The van der Waals surface area contributed by atoms with Crippen LogP contribution in [0.3, 0.4) is 0 Å². The van der Waals surface area contributed by atoms with Gasteiger partial charge in [0, 0.05) is 5.56 Å². The molecule has 0 radical (unpaired) electrons. The van der Waals surface area contributed by atoms with Crippen LogP contribution in [0.5, 0.6) is 0 Å². The largest absolute Gasteiger partial charge is 0.412 e. The highest BCUT2D eigenvalue weighted by molar-refractivity contribution is 6.34. The summed E-state index contributed by atoms with van der Waals surface area (Å²) in [6, 6.07) is 3.45. The Balaban J connectivity index is 0.00000144. The van der Waals surface area contributed by atoms with Crippen LogP contribution in [0.4, 0.5) is 4.39 Å². The van der Waals surface area contributed by atoms with E-state index in [1.165, 1.54) is 12.1 Å². The predicted molar refractivity (Wildman–Crippen MR) is 45.4 cm³/mol. The van der Waals surface area contributed by atoms with Crippen molar-refractivity contribution < 1.29 is 19.5 Å². The van der Waals surface area contributed by atoms with Crippen LogP contribution in [0.1, 0.15) is 10.4 Å². The number of ketones is 1. The standard InChI is InChI=1S/C8H4ClFO2.H2O/c9-6-2-1-5(3-7(6)10)8(12)4-11;/h1-4H;1H2. The van der Waals surface area contributed by atoms with Gasteiger partial charge in [-0.25, -0.2) is 4.39 Å². The maximum Gasteiger partial charge on any atom is 0.225 e. The summed E-state index contributed by atoms with van der Waals surface area (Å²) in [5, 5.41) is -0.0718. The fourth-order valence-corrected chi connectivity index (χ4v) is 0.835. The molecule has 2 N–H and O–H groups in total. The minimum atomic E-state index is -0.759. The molecule has 0 atom stereocenters. The normalized spacial score (nSPS) is 8.77. The van der Waals surface area contributed by atoms with Crippen LogP contribution >= 0.6 is 11.6 Å². The molecular formula is C8H6ClFO3. The van der Waals surface area contributed by atoms with Crippen molar-refractivity contribution in [2.24, 2.45) is 0 Å². The Morgan fingerprint density at radius 3 is 2.54 bits per heavy atom. The van der Waals surface area contributed by atoms with Crippen molar-refractivity contribution in [3.63, 3.8) is 0 Å². The number of benzene rings is 1. The molecular weight excluding hydrogens is 199 g/mol. The van der Waals surface area contributed by atoms with E-state index >= 15 is 0 Å². The van der Waals surface area contributed by atoms with Crippen LogP contribution < -0.4 is 0 Å². The van der Waals surface area contributed by atoms with Crippen molar-refractivity contribution in [2.75, 3.05) is 0 Å². The topological polar surface area (TPSA) is 65.6 Å². The van der Waals surface area contributed by atoms with E-state index in [9.17, 15) is 14.0 Å². The number of rotatable bonds is 2. The van der Waals surface area contributed by atoms with Gasteiger partial charge in [-0.1, -0.05) is 11.6 Å². The molecule has 0 aliphatic carbocycles. The molecule has 5 heteroatoms. The molecule has 0 fully saturated rings. The number of carbonyl (C=O) groups excluding carboxylic acids is 2. The third-order valence-electron chi connectivity index (χ3n) is 1.31. The maximum absolute atomic E-state index is 12.7. The lowest BCUT2D eigenvalue weighted by Gasteiger charge is -1.95. The monoisotopic (exact) mass is 204 g/mol. The molecule has 0 bridgehead atoms. The first-order valence-electron chi connectivity index (χ1n) is 3.09. The van der Waals surface area contributed by atoms with E-state index in [4.69, 9.17) is 11.6 Å². The van der Waals surface area contributed by atoms with Gasteiger partial charge in [0.05, 0.1) is 5.02 Å². The lowest BCUT2D eigenvalue weighted by molar-refractivity contribution is -0.104. The van der Waals surface area contributed by atoms with E-state index in [2.05, 4.69) is 0 Å². The van der Waals surface area contributed by atoms with Crippen LogP contribution in [0.15, 0.2) is 18.2 Å². The summed E-state index contributed by atoms with van der Waals surface area (Å²) in [5.74, 6) is -1.46. The summed E-state index contributed by atoms with van der Waals surface area (Å²) in [6.45, 7) is 0. The molecule has 0 aliphatic heterocycles. The van der Waals surface area contributed by atoms with Gasteiger partial charge in [0.15, 0.2) is 6.29 Å². The van der Waals surface area contributed by atoms with Crippen LogP contribution in [-0.4, -0.2) is 17.5 Å². The molecule has 0 saturated carbocycles. The van der Waals surface area contributed by atoms with E-state index in [0.717, 1.165) is 6.07 Å². The Bertz CT molecular complexity index is 338. The first kappa shape index (κ1) is 11.7. The molecule has 1 rings (SSSR count). The Kier molecular flexibility index (Phi) is 4.23. The maximum atomic E-state index is 12.7. The molecule has 1 aromatic carbocycles. The zero-order valence-electron chi connectivity index (χ0n) is 6.38. The zero-order valence-corrected chi connectivity index (χ0v) is 7.14. The van der Waals surface area contributed by atoms with E-state index in [1.54, 1.807) is 0 Å². The average Bonchev–Trinajstić information content (AvgIpc) is 2.08. The van der Waals surface area contributed by atoms with Gasteiger partial charge < -0.3 is 5.48 Å². The highest BCUT2D eigenvalue weighted by Crippen LogP contribution is 2.15. The molecule has 0 heterocycles. The molecule has 0 amide bonds. The fourth-order valence-electron chi connectivity index (χ4n) is 0.717. The van der Waals surface area contributed by atoms with E-state index in [1.807, 2.05) is 0 Å². The summed E-state index contributed by atoms with van der Waals surface area (Å²) < 4.78 is 12.7. The quantitative estimate of drug-likeness (QED) is 0.410. The fraction of sp³-hybridized carbons (Fsp3) is 0. The predicted octanol–water partition coefficient (Wildman–Crippen LogP) is 1.04. The van der Waals surface area contributed by atoms with Crippen molar-refractivity contribution in [2.45, 2.75) is 0 Å². The second-order valence-electron chi connectivity index (χ2n) is 2.11. The number of hydrogen-bond donors (Lipinski definition) is 0. The molecule has 0 aliphatic rings. The molecule has 0 aromatic heterocycles. The zero-order chi connectivity index (χ0) is 9.14. The second-order valence-corrected chi connectivity index (χ2v) is 2.52. The smallest absolute Gasteiger partial charge is 0.225 e. The van der Waals surface area contributed by atoms with Crippen molar-refractivity contribution in [3.05, 3.63) is 34.6 Å². The van der Waals surface area contributed by atoms with Gasteiger partial charge in [0.1, 0.15) is 5.82 Å². The number of Topliss-reactive ketones (excluding diaryl/α,β-unsaturated/α-hetero) is 1. The third kappa shape index (κ3) is 2.61. The lowest BCUT2D eigenvalue weighted by Crippen LogP contribution is -1.99. The second kappa shape index (κ2) is 4.69. The van der Waals surface area contributed by atoms with Gasteiger partial charge in [-0.2, -0.15) is 0 Å². The Hall–Kier alpha value is -1.26. The summed E-state index contributed by atoms with van der Waals surface area (Å²) in [5.41, 5.74) is 0.00639. The number of carbonyl (C=O) groups is 2. The number of halogens is 2.